The van der Waals surface area contributed by atoms with Crippen LogP contribution in [-0.2, 0) is 21.3 Å². The molecule has 53 heavy (non-hydrogen) atoms. The van der Waals surface area contributed by atoms with E-state index in [1.807, 2.05) is 79.4 Å². The summed E-state index contributed by atoms with van der Waals surface area (Å²) in [6, 6.07) is 41.3. The third-order valence-electron chi connectivity index (χ3n) is 9.77. The van der Waals surface area contributed by atoms with Crippen molar-refractivity contribution in [1.82, 2.24) is 19.9 Å². The van der Waals surface area contributed by atoms with Gasteiger partial charge in [0.15, 0.2) is 9.84 Å². The molecule has 7 heteroatoms. The number of aromatic nitrogens is 4. The van der Waals surface area contributed by atoms with E-state index in [1.54, 1.807) is 24.8 Å². The molecule has 4 aromatic heterocycles. The van der Waals surface area contributed by atoms with Crippen molar-refractivity contribution in [2.75, 3.05) is 0 Å². The maximum absolute atomic E-state index is 13.7. The van der Waals surface area contributed by atoms with Gasteiger partial charge < -0.3 is 0 Å². The summed E-state index contributed by atoms with van der Waals surface area (Å²) < 4.78 is 27.3. The highest BCUT2D eigenvalue weighted by Crippen LogP contribution is 2.41. The minimum atomic E-state index is -3.44. The molecular formula is C46H32N4O2S. The summed E-state index contributed by atoms with van der Waals surface area (Å²) >= 11 is 0. The molecule has 1 aliphatic rings. The van der Waals surface area contributed by atoms with E-state index in [2.05, 4.69) is 86.7 Å². The Morgan fingerprint density at radius 3 is 1.13 bits per heavy atom. The predicted octanol–water partition coefficient (Wildman–Crippen LogP) is 10.4. The molecule has 5 heterocycles. The second-order valence-electron chi connectivity index (χ2n) is 13.3. The summed E-state index contributed by atoms with van der Waals surface area (Å²) in [5.41, 5.74) is 15.5. The molecule has 0 atom stereocenters. The molecule has 0 amide bonds. The van der Waals surface area contributed by atoms with Crippen LogP contribution in [0, 0.1) is 0 Å². The number of hydrogen-bond donors (Lipinski definition) is 0. The van der Waals surface area contributed by atoms with E-state index in [9.17, 15) is 8.42 Å². The lowest BCUT2D eigenvalue weighted by atomic mass is 9.88. The Labute approximate surface area is 308 Å². The summed E-state index contributed by atoms with van der Waals surface area (Å²) in [6.45, 7) is 0. The second-order valence-corrected chi connectivity index (χ2v) is 15.4. The van der Waals surface area contributed by atoms with Crippen LogP contribution in [0.2, 0.25) is 0 Å². The fourth-order valence-electron chi connectivity index (χ4n) is 7.20. The van der Waals surface area contributed by atoms with Crippen LogP contribution in [0.5, 0.6) is 0 Å². The van der Waals surface area contributed by atoms with Gasteiger partial charge in [-0.25, -0.2) is 8.42 Å². The zero-order valence-corrected chi connectivity index (χ0v) is 29.4. The topological polar surface area (TPSA) is 85.7 Å². The summed E-state index contributed by atoms with van der Waals surface area (Å²) in [6.07, 6.45) is 14.5. The van der Waals surface area contributed by atoms with E-state index < -0.39 is 9.84 Å². The van der Waals surface area contributed by atoms with Gasteiger partial charge in [-0.15, -0.1) is 0 Å². The highest BCUT2D eigenvalue weighted by atomic mass is 32.2. The Hall–Kier alpha value is -6.57. The van der Waals surface area contributed by atoms with Crippen LogP contribution in [0.3, 0.4) is 0 Å². The SMILES string of the molecule is O=S1(=O)Cc2cc(-c3cc(-c4cccnc4)cc(-c4cccnc4)c3)ccc2-c2cc(-c3cc(-c4cccnc4)cc(-c4cccnc4)c3)ccc2C1. The van der Waals surface area contributed by atoms with Crippen molar-refractivity contribution in [3.63, 3.8) is 0 Å². The molecule has 254 valence electrons. The van der Waals surface area contributed by atoms with Gasteiger partial charge in [-0.1, -0.05) is 48.5 Å². The van der Waals surface area contributed by atoms with Gasteiger partial charge in [0.1, 0.15) is 0 Å². The third-order valence-corrected chi connectivity index (χ3v) is 11.3. The zero-order chi connectivity index (χ0) is 35.8. The number of nitrogens with zero attached hydrogens (tertiary/aromatic N) is 4. The first-order chi connectivity index (χ1) is 26.0. The second kappa shape index (κ2) is 13.5. The van der Waals surface area contributed by atoms with Crippen molar-refractivity contribution in [3.8, 4) is 77.9 Å². The molecule has 1 aliphatic heterocycles. The molecule has 6 nitrogen and oxygen atoms in total. The fourth-order valence-corrected chi connectivity index (χ4v) is 8.74. The molecule has 0 aliphatic carbocycles. The number of hydrogen-bond acceptors (Lipinski definition) is 6. The molecule has 0 N–H and O–H groups in total. The van der Waals surface area contributed by atoms with Crippen LogP contribution in [0.15, 0.2) is 171 Å². The van der Waals surface area contributed by atoms with Crippen LogP contribution in [0.4, 0.5) is 0 Å². The van der Waals surface area contributed by atoms with E-state index in [1.165, 1.54) is 0 Å². The zero-order valence-electron chi connectivity index (χ0n) is 28.6. The number of sulfone groups is 1. The number of rotatable bonds is 6. The van der Waals surface area contributed by atoms with Gasteiger partial charge in [0.2, 0.25) is 0 Å². The lowest BCUT2D eigenvalue weighted by Gasteiger charge is -2.15. The molecule has 0 spiro atoms. The van der Waals surface area contributed by atoms with Crippen LogP contribution in [-0.4, -0.2) is 28.4 Å². The molecule has 0 saturated carbocycles. The van der Waals surface area contributed by atoms with Gasteiger partial charge in [-0.2, -0.15) is 0 Å². The third kappa shape index (κ3) is 6.66. The van der Waals surface area contributed by atoms with Crippen LogP contribution >= 0.6 is 0 Å². The van der Waals surface area contributed by atoms with Crippen molar-refractivity contribution in [1.29, 1.82) is 0 Å². The molecule has 4 aromatic carbocycles. The standard InChI is InChI=1S/C46H32N4O2S/c51-53(52)29-37-10-9-32(39-20-42(35-7-3-15-49-27-35)23-43(21-39)36-8-4-16-50-28-36)24-46(37)45-12-11-31(17-44(45)30-53)38-18-40(33-5-1-13-47-25-33)22-41(19-38)34-6-2-14-48-26-34/h1-28H,29-30H2. The average Bonchev–Trinajstić information content (AvgIpc) is 3.33. The molecule has 0 radical (unpaired) electrons. The molecular weight excluding hydrogens is 673 g/mol. The Morgan fingerprint density at radius 2 is 0.717 bits per heavy atom. The van der Waals surface area contributed by atoms with Gasteiger partial charge in [0, 0.05) is 71.8 Å². The van der Waals surface area contributed by atoms with E-state index >= 15 is 0 Å². The fraction of sp³-hybridized carbons (Fsp3) is 0.0435. The maximum Gasteiger partial charge on any atom is 0.158 e. The summed E-state index contributed by atoms with van der Waals surface area (Å²) in [5.74, 6) is -0.0650. The van der Waals surface area contributed by atoms with Gasteiger partial charge in [0.05, 0.1) is 11.5 Å². The first kappa shape index (κ1) is 32.3. The Kier molecular flexibility index (Phi) is 8.25. The molecule has 9 rings (SSSR count). The molecule has 0 fully saturated rings. The average molecular weight is 705 g/mol. The van der Waals surface area contributed by atoms with Crippen LogP contribution in [0.1, 0.15) is 11.1 Å². The van der Waals surface area contributed by atoms with Crippen molar-refractivity contribution < 1.29 is 8.42 Å². The minimum Gasteiger partial charge on any atom is -0.264 e. The van der Waals surface area contributed by atoms with Crippen molar-refractivity contribution >= 4 is 9.84 Å². The Morgan fingerprint density at radius 1 is 0.340 bits per heavy atom. The van der Waals surface area contributed by atoms with E-state index in [-0.39, 0.29) is 11.5 Å². The number of pyridine rings is 4. The van der Waals surface area contributed by atoms with Gasteiger partial charge in [-0.05, 0) is 140 Å². The molecule has 0 bridgehead atoms. The van der Waals surface area contributed by atoms with Crippen molar-refractivity contribution in [2.24, 2.45) is 0 Å². The lowest BCUT2D eigenvalue weighted by Crippen LogP contribution is -2.05. The first-order valence-corrected chi connectivity index (χ1v) is 19.2. The van der Waals surface area contributed by atoms with Gasteiger partial charge in [0.25, 0.3) is 0 Å². The van der Waals surface area contributed by atoms with Crippen molar-refractivity contribution in [2.45, 2.75) is 11.5 Å². The largest absolute Gasteiger partial charge is 0.264 e. The van der Waals surface area contributed by atoms with E-state index in [0.717, 1.165) is 89.0 Å². The van der Waals surface area contributed by atoms with Crippen LogP contribution < -0.4 is 0 Å². The summed E-state index contributed by atoms with van der Waals surface area (Å²) in [7, 11) is -3.44. The number of fused-ring (bicyclic) bond motifs is 3. The predicted molar refractivity (Wildman–Crippen MR) is 212 cm³/mol. The summed E-state index contributed by atoms with van der Waals surface area (Å²) in [4.78, 5) is 17.4. The Bertz CT molecular complexity index is 2610. The monoisotopic (exact) mass is 704 g/mol. The summed E-state index contributed by atoms with van der Waals surface area (Å²) in [5, 5.41) is 0. The van der Waals surface area contributed by atoms with E-state index in [4.69, 9.17) is 0 Å². The Balaban J connectivity index is 1.18. The molecule has 0 unspecified atom stereocenters. The highest BCUT2D eigenvalue weighted by Gasteiger charge is 2.25. The van der Waals surface area contributed by atoms with Gasteiger partial charge >= 0.3 is 0 Å². The highest BCUT2D eigenvalue weighted by molar-refractivity contribution is 7.89. The van der Waals surface area contributed by atoms with Crippen LogP contribution in [0.25, 0.3) is 77.9 Å². The van der Waals surface area contributed by atoms with Gasteiger partial charge in [-0.3, -0.25) is 19.9 Å². The van der Waals surface area contributed by atoms with E-state index in [0.29, 0.717) is 0 Å². The first-order valence-electron chi connectivity index (χ1n) is 17.3. The maximum atomic E-state index is 13.7. The lowest BCUT2D eigenvalue weighted by molar-refractivity contribution is 0.595. The minimum absolute atomic E-state index is 0.0229. The normalized spacial score (nSPS) is 13.1. The smallest absolute Gasteiger partial charge is 0.158 e. The number of benzene rings is 4. The molecule has 8 aromatic rings. The quantitative estimate of drug-likeness (QED) is 0.171. The molecule has 0 saturated heterocycles. The van der Waals surface area contributed by atoms with Crippen molar-refractivity contribution in [3.05, 3.63) is 182 Å².